The molecule has 1 heterocycles. The van der Waals surface area contributed by atoms with E-state index in [4.69, 9.17) is 21.1 Å². The van der Waals surface area contributed by atoms with Crippen LogP contribution in [0.1, 0.15) is 12.0 Å². The number of allylic oxidation sites excluding steroid dienone is 2. The number of benzene rings is 1. The first kappa shape index (κ1) is 16.8. The van der Waals surface area contributed by atoms with Crippen LogP contribution < -0.4 is 9.47 Å². The number of hydrogen-bond acceptors (Lipinski definition) is 5. The van der Waals surface area contributed by atoms with Crippen molar-refractivity contribution in [1.29, 1.82) is 0 Å². The van der Waals surface area contributed by atoms with E-state index in [0.717, 1.165) is 11.4 Å². The van der Waals surface area contributed by atoms with Crippen molar-refractivity contribution in [2.24, 2.45) is 40.6 Å². The summed E-state index contributed by atoms with van der Waals surface area (Å²) >= 11 is 6.27. The summed E-state index contributed by atoms with van der Waals surface area (Å²) < 4.78 is 10.5. The van der Waals surface area contributed by atoms with Crippen molar-refractivity contribution in [1.82, 2.24) is 5.01 Å². The number of nitrogens with zero attached hydrogens (tertiary/aromatic N) is 2. The molecule has 6 atom stereocenters. The van der Waals surface area contributed by atoms with Gasteiger partial charge in [-0.05, 0) is 36.2 Å². The minimum Gasteiger partial charge on any atom is -0.493 e. The number of hydrogen-bond donors (Lipinski definition) is 0. The number of ether oxygens (including phenoxy) is 2. The van der Waals surface area contributed by atoms with E-state index in [0.29, 0.717) is 33.9 Å². The maximum absolute atomic E-state index is 12.9. The van der Waals surface area contributed by atoms with Gasteiger partial charge in [-0.25, -0.2) is 0 Å². The fourth-order valence-corrected chi connectivity index (χ4v) is 5.35. The van der Waals surface area contributed by atoms with E-state index in [-0.39, 0.29) is 35.5 Å². The Kier molecular flexibility index (Phi) is 3.63. The Labute approximate surface area is 161 Å². The van der Waals surface area contributed by atoms with Crippen molar-refractivity contribution in [2.75, 3.05) is 14.2 Å². The van der Waals surface area contributed by atoms with E-state index in [9.17, 15) is 9.59 Å². The molecule has 1 aliphatic heterocycles. The molecule has 140 valence electrons. The molecular formula is C20H19ClN2O4. The quantitative estimate of drug-likeness (QED) is 0.453. The van der Waals surface area contributed by atoms with Gasteiger partial charge >= 0.3 is 0 Å². The minimum absolute atomic E-state index is 0.186. The van der Waals surface area contributed by atoms with Crippen molar-refractivity contribution in [3.63, 3.8) is 0 Å². The van der Waals surface area contributed by atoms with Crippen LogP contribution in [0.4, 0.5) is 0 Å². The van der Waals surface area contributed by atoms with E-state index in [1.54, 1.807) is 12.1 Å². The predicted molar refractivity (Wildman–Crippen MR) is 98.7 cm³/mol. The summed E-state index contributed by atoms with van der Waals surface area (Å²) in [4.78, 5) is 25.8. The molecule has 27 heavy (non-hydrogen) atoms. The van der Waals surface area contributed by atoms with Gasteiger partial charge < -0.3 is 9.47 Å². The fourth-order valence-electron chi connectivity index (χ4n) is 5.14. The Hall–Kier alpha value is -2.34. The molecule has 2 bridgehead atoms. The standard InChI is InChI=1S/C20H19ClN2O4/c1-26-15-5-9(14(21)7-16(15)27-2)8-22-23-19(24)17-10-3-4-11(13-6-12(10)13)18(17)20(23)25/h3-5,7-8,10-13,17-18H,6H2,1-2H3/b22-8-/t10-,11-,12-,13-,17-,18+/m0/s1. The number of carbonyl (C=O) groups excluding carboxylic acids is 2. The normalized spacial score (nSPS) is 35.6. The van der Waals surface area contributed by atoms with Crippen molar-refractivity contribution in [3.8, 4) is 11.5 Å². The Morgan fingerprint density at radius 1 is 1.04 bits per heavy atom. The van der Waals surface area contributed by atoms with Crippen molar-refractivity contribution in [3.05, 3.63) is 34.9 Å². The number of rotatable bonds is 4. The van der Waals surface area contributed by atoms with Crippen LogP contribution in [0.5, 0.6) is 11.5 Å². The molecule has 0 N–H and O–H groups in total. The van der Waals surface area contributed by atoms with E-state index in [2.05, 4.69) is 17.3 Å². The molecule has 2 saturated carbocycles. The van der Waals surface area contributed by atoms with Crippen LogP contribution in [0.3, 0.4) is 0 Å². The Morgan fingerprint density at radius 2 is 1.59 bits per heavy atom. The fraction of sp³-hybridized carbons (Fsp3) is 0.450. The molecular weight excluding hydrogens is 368 g/mol. The molecule has 0 aromatic heterocycles. The van der Waals surface area contributed by atoms with Gasteiger partial charge in [0.25, 0.3) is 11.8 Å². The van der Waals surface area contributed by atoms with Crippen molar-refractivity contribution >= 4 is 29.6 Å². The van der Waals surface area contributed by atoms with Gasteiger partial charge in [0.1, 0.15) is 0 Å². The molecule has 0 unspecified atom stereocenters. The first-order chi connectivity index (χ1) is 13.0. The molecule has 2 amide bonds. The zero-order valence-corrected chi connectivity index (χ0v) is 15.7. The van der Waals surface area contributed by atoms with E-state index >= 15 is 0 Å². The zero-order valence-electron chi connectivity index (χ0n) is 15.0. The highest BCUT2D eigenvalue weighted by molar-refractivity contribution is 6.33. The van der Waals surface area contributed by atoms with Crippen LogP contribution in [-0.4, -0.2) is 37.3 Å². The van der Waals surface area contributed by atoms with Crippen LogP contribution in [0, 0.1) is 35.5 Å². The molecule has 6 nitrogen and oxygen atoms in total. The first-order valence-electron chi connectivity index (χ1n) is 9.06. The number of carbonyl (C=O) groups is 2. The van der Waals surface area contributed by atoms with Gasteiger partial charge in [-0.1, -0.05) is 23.8 Å². The maximum atomic E-state index is 12.9. The summed E-state index contributed by atoms with van der Waals surface area (Å²) in [6.07, 6.45) is 6.86. The average molecular weight is 387 g/mol. The summed E-state index contributed by atoms with van der Waals surface area (Å²) in [7, 11) is 3.05. The van der Waals surface area contributed by atoms with Crippen molar-refractivity contribution < 1.29 is 19.1 Å². The van der Waals surface area contributed by atoms with E-state index in [1.807, 2.05) is 0 Å². The van der Waals surface area contributed by atoms with Crippen LogP contribution in [0.25, 0.3) is 0 Å². The Bertz CT molecular complexity index is 875. The summed E-state index contributed by atoms with van der Waals surface area (Å²) in [6.45, 7) is 0. The highest BCUT2D eigenvalue weighted by Crippen LogP contribution is 2.65. The molecule has 7 heteroatoms. The highest BCUT2D eigenvalue weighted by Gasteiger charge is 2.67. The third-order valence-electron chi connectivity index (χ3n) is 6.45. The van der Waals surface area contributed by atoms with Gasteiger partial charge in [0.15, 0.2) is 11.5 Å². The van der Waals surface area contributed by atoms with Crippen LogP contribution in [-0.2, 0) is 9.59 Å². The lowest BCUT2D eigenvalue weighted by atomic mass is 9.63. The topological polar surface area (TPSA) is 68.2 Å². The summed E-state index contributed by atoms with van der Waals surface area (Å²) in [5.41, 5.74) is 0.550. The Balaban J connectivity index is 1.44. The second-order valence-corrected chi connectivity index (χ2v) is 8.02. The third-order valence-corrected chi connectivity index (χ3v) is 6.78. The maximum Gasteiger partial charge on any atom is 0.254 e. The molecule has 4 aliphatic carbocycles. The largest absolute Gasteiger partial charge is 0.493 e. The van der Waals surface area contributed by atoms with Gasteiger partial charge in [0.05, 0.1) is 37.3 Å². The number of imide groups is 1. The molecule has 6 rings (SSSR count). The number of amides is 2. The molecule has 3 fully saturated rings. The van der Waals surface area contributed by atoms with Crippen LogP contribution >= 0.6 is 11.6 Å². The molecule has 0 spiro atoms. The molecule has 1 aromatic carbocycles. The molecule has 1 saturated heterocycles. The molecule has 0 radical (unpaired) electrons. The molecule has 5 aliphatic rings. The van der Waals surface area contributed by atoms with Crippen LogP contribution in [0.15, 0.2) is 29.4 Å². The Morgan fingerprint density at radius 3 is 2.15 bits per heavy atom. The van der Waals surface area contributed by atoms with E-state index < -0.39 is 0 Å². The monoisotopic (exact) mass is 386 g/mol. The molecule has 1 aromatic rings. The zero-order chi connectivity index (χ0) is 18.9. The summed E-state index contributed by atoms with van der Waals surface area (Å²) in [5, 5.41) is 5.65. The third kappa shape index (κ3) is 2.29. The van der Waals surface area contributed by atoms with Gasteiger partial charge in [-0.15, -0.1) is 0 Å². The second-order valence-electron chi connectivity index (χ2n) is 7.62. The van der Waals surface area contributed by atoms with Gasteiger partial charge in [0.2, 0.25) is 0 Å². The van der Waals surface area contributed by atoms with Gasteiger partial charge in [-0.2, -0.15) is 10.1 Å². The summed E-state index contributed by atoms with van der Waals surface area (Å²) in [5.74, 6) is 1.62. The lowest BCUT2D eigenvalue weighted by molar-refractivity contribution is -0.140. The van der Waals surface area contributed by atoms with E-state index in [1.165, 1.54) is 20.4 Å². The predicted octanol–water partition coefficient (Wildman–Crippen LogP) is 2.74. The number of halogens is 1. The second kappa shape index (κ2) is 5.83. The highest BCUT2D eigenvalue weighted by atomic mass is 35.5. The lowest BCUT2D eigenvalue weighted by Gasteiger charge is -2.37. The minimum atomic E-state index is -0.255. The summed E-state index contributed by atoms with van der Waals surface area (Å²) in [6, 6.07) is 3.29. The average Bonchev–Trinajstić information content (AvgIpc) is 3.46. The van der Waals surface area contributed by atoms with Gasteiger partial charge in [0, 0.05) is 11.6 Å². The SMILES string of the molecule is COc1cc(Cl)c(/C=N\N2C(=O)[C@@H]3[C@H]4C=C[C@@H]([C@@H]5C[C@@H]45)[C@@H]3C2=O)cc1OC. The number of methoxy groups -OCH3 is 2. The van der Waals surface area contributed by atoms with Crippen molar-refractivity contribution in [2.45, 2.75) is 6.42 Å². The van der Waals surface area contributed by atoms with Gasteiger partial charge in [-0.3, -0.25) is 9.59 Å². The smallest absolute Gasteiger partial charge is 0.254 e. The van der Waals surface area contributed by atoms with Crippen LogP contribution in [0.2, 0.25) is 5.02 Å². The first-order valence-corrected chi connectivity index (χ1v) is 9.44. The number of hydrazone groups is 1. The lowest BCUT2D eigenvalue weighted by Crippen LogP contribution is -2.40.